The second-order valence-corrected chi connectivity index (χ2v) is 11.1. The van der Waals surface area contributed by atoms with Crippen LogP contribution in [-0.2, 0) is 10.2 Å². The van der Waals surface area contributed by atoms with Crippen LogP contribution in [0.5, 0.6) is 0 Å². The van der Waals surface area contributed by atoms with Crippen LogP contribution >= 0.6 is 0 Å². The largest absolute Gasteiger partial charge is 0.339 e. The number of benzene rings is 1. The maximum absolute atomic E-state index is 12.1. The van der Waals surface area contributed by atoms with E-state index in [1.165, 1.54) is 88.5 Å². The highest BCUT2D eigenvalue weighted by Crippen LogP contribution is 2.52. The van der Waals surface area contributed by atoms with E-state index in [1.54, 1.807) is 6.92 Å². The molecule has 0 unspecified atom stereocenters. The fourth-order valence-electron chi connectivity index (χ4n) is 7.53. The first kappa shape index (κ1) is 20.5. The molecule has 2 saturated carbocycles. The molecule has 3 aliphatic carbocycles. The van der Waals surface area contributed by atoms with E-state index in [0.717, 1.165) is 24.2 Å². The maximum Gasteiger partial charge on any atom is 0.219 e. The summed E-state index contributed by atoms with van der Waals surface area (Å²) in [6.45, 7) is 5.50. The zero-order valence-electron chi connectivity index (χ0n) is 19.1. The zero-order chi connectivity index (χ0) is 20.7. The molecule has 1 aromatic carbocycles. The number of likely N-dealkylation sites (tertiary alicyclic amines) is 1. The third-order valence-electron chi connectivity index (χ3n) is 9.31. The molecule has 2 bridgehead atoms. The van der Waals surface area contributed by atoms with Crippen molar-refractivity contribution in [3.05, 3.63) is 35.4 Å². The summed E-state index contributed by atoms with van der Waals surface area (Å²) >= 11 is 0. The molecule has 4 atom stereocenters. The van der Waals surface area contributed by atoms with Crippen molar-refractivity contribution in [1.29, 1.82) is 0 Å². The summed E-state index contributed by atoms with van der Waals surface area (Å²) < 4.78 is 0. The van der Waals surface area contributed by atoms with E-state index >= 15 is 0 Å². The lowest BCUT2D eigenvalue weighted by atomic mass is 9.73. The minimum absolute atomic E-state index is 0.183. The van der Waals surface area contributed by atoms with E-state index in [-0.39, 0.29) is 17.4 Å². The molecule has 164 valence electrons. The van der Waals surface area contributed by atoms with E-state index in [0.29, 0.717) is 0 Å². The molecule has 1 aromatic rings. The van der Waals surface area contributed by atoms with Gasteiger partial charge in [0.1, 0.15) is 0 Å². The topological polar surface area (TPSA) is 23.6 Å². The summed E-state index contributed by atoms with van der Waals surface area (Å²) in [5, 5.41) is 0. The van der Waals surface area contributed by atoms with E-state index in [1.807, 2.05) is 11.9 Å². The number of amides is 1. The molecule has 1 aliphatic heterocycles. The smallest absolute Gasteiger partial charge is 0.219 e. The molecule has 3 nitrogen and oxygen atoms in total. The number of rotatable bonds is 3. The fraction of sp³-hybridized carbons (Fsp3) is 0.741. The number of carbonyl (C=O) groups is 1. The van der Waals surface area contributed by atoms with Crippen LogP contribution in [0.1, 0.15) is 88.3 Å². The second-order valence-electron chi connectivity index (χ2n) is 11.1. The number of fused-ring (bicyclic) bond motifs is 4. The Hall–Kier alpha value is -1.35. The molecular formula is C27H40N2O. The lowest BCUT2D eigenvalue weighted by Crippen LogP contribution is -2.44. The molecule has 0 N–H and O–H groups in total. The van der Waals surface area contributed by atoms with E-state index in [9.17, 15) is 4.79 Å². The first-order chi connectivity index (χ1) is 14.5. The highest BCUT2D eigenvalue weighted by Gasteiger charge is 2.47. The summed E-state index contributed by atoms with van der Waals surface area (Å²) in [6, 6.07) is 9.23. The molecule has 30 heavy (non-hydrogen) atoms. The van der Waals surface area contributed by atoms with Crippen LogP contribution in [0.3, 0.4) is 0 Å². The number of hydrogen-bond donors (Lipinski definition) is 0. The van der Waals surface area contributed by atoms with Crippen LogP contribution in [0.2, 0.25) is 0 Å². The van der Waals surface area contributed by atoms with Crippen molar-refractivity contribution in [3.8, 4) is 0 Å². The molecule has 3 heteroatoms. The lowest BCUT2D eigenvalue weighted by molar-refractivity contribution is -0.129. The lowest BCUT2D eigenvalue weighted by Gasteiger charge is -2.42. The summed E-state index contributed by atoms with van der Waals surface area (Å²) in [5.74, 6) is 3.18. The first-order valence-electron chi connectivity index (χ1n) is 12.6. The molecule has 1 amide bonds. The van der Waals surface area contributed by atoms with E-state index in [2.05, 4.69) is 29.2 Å². The number of nitrogens with zero attached hydrogens (tertiary/aromatic N) is 2. The Morgan fingerprint density at radius 1 is 1.07 bits per heavy atom. The van der Waals surface area contributed by atoms with Gasteiger partial charge in [0.2, 0.25) is 5.91 Å². The van der Waals surface area contributed by atoms with Gasteiger partial charge in [-0.05, 0) is 80.5 Å². The molecule has 5 rings (SSSR count). The molecule has 1 spiro atoms. The fourth-order valence-corrected chi connectivity index (χ4v) is 7.53. The van der Waals surface area contributed by atoms with Gasteiger partial charge < -0.3 is 9.80 Å². The van der Waals surface area contributed by atoms with Crippen molar-refractivity contribution in [2.45, 2.75) is 82.6 Å². The minimum atomic E-state index is 0.183. The summed E-state index contributed by atoms with van der Waals surface area (Å²) in [4.78, 5) is 16.9. The van der Waals surface area contributed by atoms with Crippen molar-refractivity contribution < 1.29 is 4.79 Å². The Balaban J connectivity index is 1.25. The van der Waals surface area contributed by atoms with Crippen molar-refractivity contribution >= 4 is 5.91 Å². The van der Waals surface area contributed by atoms with Gasteiger partial charge in [0.25, 0.3) is 0 Å². The predicted octanol–water partition coefficient (Wildman–Crippen LogP) is 5.55. The molecular weight excluding hydrogens is 368 g/mol. The second kappa shape index (κ2) is 8.30. The first-order valence-corrected chi connectivity index (χ1v) is 12.6. The van der Waals surface area contributed by atoms with Crippen LogP contribution in [0.4, 0.5) is 0 Å². The van der Waals surface area contributed by atoms with E-state index in [4.69, 9.17) is 0 Å². The van der Waals surface area contributed by atoms with Gasteiger partial charge in [-0.25, -0.2) is 0 Å². The van der Waals surface area contributed by atoms with Gasteiger partial charge in [-0.2, -0.15) is 0 Å². The maximum atomic E-state index is 12.1. The molecule has 1 saturated heterocycles. The number of carbonyl (C=O) groups excluding carboxylic acids is 1. The summed E-state index contributed by atoms with van der Waals surface area (Å²) in [5.41, 5.74) is 3.22. The van der Waals surface area contributed by atoms with Crippen molar-refractivity contribution in [2.24, 2.45) is 17.8 Å². The third-order valence-corrected chi connectivity index (χ3v) is 9.31. The molecule has 0 aromatic heterocycles. The van der Waals surface area contributed by atoms with E-state index < -0.39 is 0 Å². The zero-order valence-corrected chi connectivity index (χ0v) is 19.1. The van der Waals surface area contributed by atoms with Gasteiger partial charge in [0, 0.05) is 25.9 Å². The normalized spacial score (nSPS) is 33.1. The quantitative estimate of drug-likeness (QED) is 0.655. The van der Waals surface area contributed by atoms with Gasteiger partial charge >= 0.3 is 0 Å². The monoisotopic (exact) mass is 408 g/mol. The average Bonchev–Trinajstić information content (AvgIpc) is 3.00. The Morgan fingerprint density at radius 2 is 1.83 bits per heavy atom. The number of hydrogen-bond acceptors (Lipinski definition) is 2. The summed E-state index contributed by atoms with van der Waals surface area (Å²) in [6.07, 6.45) is 14.1. The van der Waals surface area contributed by atoms with Crippen LogP contribution in [0.15, 0.2) is 24.3 Å². The van der Waals surface area contributed by atoms with Gasteiger partial charge in [-0.15, -0.1) is 0 Å². The van der Waals surface area contributed by atoms with Gasteiger partial charge in [0.05, 0.1) is 6.04 Å². The summed E-state index contributed by atoms with van der Waals surface area (Å²) in [7, 11) is 1.99. The molecule has 1 heterocycles. The SMILES string of the molecule is CC(=O)N(C)[C@H]1CC2(CCN(C[C@H]3CC[C@H]4CCC[C@@H](C4)C3)CC2)c2ccccc21. The van der Waals surface area contributed by atoms with Crippen molar-refractivity contribution in [2.75, 3.05) is 26.7 Å². The average molecular weight is 409 g/mol. The Kier molecular flexibility index (Phi) is 5.68. The van der Waals surface area contributed by atoms with Crippen LogP contribution in [0, 0.1) is 17.8 Å². The standard InChI is InChI=1S/C27H40N2O/c1-20(30)28(2)26-18-27(25-9-4-3-8-24(25)26)12-14-29(15-13-27)19-23-11-10-21-6-5-7-22(16-21)17-23/h3-4,8-9,21-23,26H,5-7,10-19H2,1-2H3/t21-,22+,23+,26+/m1/s1. The van der Waals surface area contributed by atoms with Crippen molar-refractivity contribution in [3.63, 3.8) is 0 Å². The van der Waals surface area contributed by atoms with Crippen molar-refractivity contribution in [1.82, 2.24) is 9.80 Å². The van der Waals surface area contributed by atoms with Gasteiger partial charge in [-0.1, -0.05) is 49.9 Å². The Morgan fingerprint density at radius 3 is 2.63 bits per heavy atom. The third kappa shape index (κ3) is 3.83. The highest BCUT2D eigenvalue weighted by molar-refractivity contribution is 5.74. The molecule has 4 aliphatic rings. The Bertz CT molecular complexity index is 766. The minimum Gasteiger partial charge on any atom is -0.339 e. The Labute approximate surface area is 183 Å². The molecule has 0 radical (unpaired) electrons. The number of piperidine rings is 1. The van der Waals surface area contributed by atoms with Crippen LogP contribution < -0.4 is 0 Å². The van der Waals surface area contributed by atoms with Crippen LogP contribution in [-0.4, -0.2) is 42.4 Å². The molecule has 3 fully saturated rings. The highest BCUT2D eigenvalue weighted by atomic mass is 16.2. The van der Waals surface area contributed by atoms with Gasteiger partial charge in [-0.3, -0.25) is 4.79 Å². The van der Waals surface area contributed by atoms with Crippen LogP contribution in [0.25, 0.3) is 0 Å². The predicted molar refractivity (Wildman–Crippen MR) is 122 cm³/mol. The van der Waals surface area contributed by atoms with Gasteiger partial charge in [0.15, 0.2) is 0 Å².